The third-order valence-corrected chi connectivity index (χ3v) is 3.10. The Morgan fingerprint density at radius 3 is 2.22 bits per heavy atom. The van der Waals surface area contributed by atoms with Crippen LogP contribution in [0.5, 0.6) is 5.75 Å². The summed E-state index contributed by atoms with van der Waals surface area (Å²) >= 11 is 0. The van der Waals surface area contributed by atoms with Crippen molar-refractivity contribution in [2.75, 3.05) is 13.2 Å². The van der Waals surface area contributed by atoms with Crippen molar-refractivity contribution < 1.29 is 15.3 Å². The van der Waals surface area contributed by atoms with Gasteiger partial charge in [0, 0.05) is 6.04 Å². The van der Waals surface area contributed by atoms with E-state index in [0.717, 1.165) is 18.4 Å². The lowest BCUT2D eigenvalue weighted by Crippen LogP contribution is -2.52. The summed E-state index contributed by atoms with van der Waals surface area (Å²) in [5, 5.41) is 30.8. The van der Waals surface area contributed by atoms with Gasteiger partial charge in [0.2, 0.25) is 0 Å². The molecule has 1 aromatic carbocycles. The molecule has 0 aliphatic rings. The van der Waals surface area contributed by atoms with Crippen LogP contribution in [0.4, 0.5) is 0 Å². The number of aliphatic hydroxyl groups is 2. The van der Waals surface area contributed by atoms with Crippen LogP contribution in [0, 0.1) is 0 Å². The molecule has 0 bridgehead atoms. The van der Waals surface area contributed by atoms with Crippen molar-refractivity contribution >= 4 is 0 Å². The summed E-state index contributed by atoms with van der Waals surface area (Å²) in [7, 11) is 0. The van der Waals surface area contributed by atoms with Crippen molar-refractivity contribution in [1.82, 2.24) is 5.32 Å². The lowest BCUT2D eigenvalue weighted by Gasteiger charge is -2.30. The SMILES string of the molecule is CC(CCc1ccc(O)cc1)NC(C)(CO)CO. The van der Waals surface area contributed by atoms with Gasteiger partial charge in [0.05, 0.1) is 18.8 Å². The van der Waals surface area contributed by atoms with Crippen molar-refractivity contribution in [3.8, 4) is 5.75 Å². The van der Waals surface area contributed by atoms with E-state index in [-0.39, 0.29) is 25.0 Å². The number of rotatable bonds is 7. The van der Waals surface area contributed by atoms with Gasteiger partial charge in [0.25, 0.3) is 0 Å². The maximum Gasteiger partial charge on any atom is 0.115 e. The van der Waals surface area contributed by atoms with Gasteiger partial charge in [-0.05, 0) is 44.4 Å². The van der Waals surface area contributed by atoms with Gasteiger partial charge in [-0.15, -0.1) is 0 Å². The minimum Gasteiger partial charge on any atom is -0.508 e. The summed E-state index contributed by atoms with van der Waals surface area (Å²) in [6.07, 6.45) is 1.79. The molecule has 1 unspecified atom stereocenters. The predicted octanol–water partition coefficient (Wildman–Crippen LogP) is 1.05. The summed E-state index contributed by atoms with van der Waals surface area (Å²) in [6, 6.07) is 7.36. The van der Waals surface area contributed by atoms with Gasteiger partial charge in [-0.3, -0.25) is 0 Å². The molecule has 102 valence electrons. The molecular weight excluding hydrogens is 230 g/mol. The maximum atomic E-state index is 9.20. The van der Waals surface area contributed by atoms with E-state index in [1.807, 2.05) is 19.1 Å². The lowest BCUT2D eigenvalue weighted by atomic mass is 10.0. The maximum absolute atomic E-state index is 9.20. The fraction of sp³-hybridized carbons (Fsp3) is 0.571. The molecule has 0 saturated heterocycles. The average Bonchev–Trinajstić information content (AvgIpc) is 2.38. The number of aliphatic hydroxyl groups excluding tert-OH is 2. The highest BCUT2D eigenvalue weighted by molar-refractivity contribution is 5.25. The van der Waals surface area contributed by atoms with Crippen molar-refractivity contribution in [2.24, 2.45) is 0 Å². The third-order valence-electron chi connectivity index (χ3n) is 3.10. The van der Waals surface area contributed by atoms with Crippen molar-refractivity contribution in [3.05, 3.63) is 29.8 Å². The number of phenols is 1. The topological polar surface area (TPSA) is 72.7 Å². The first kappa shape index (κ1) is 15.0. The fourth-order valence-corrected chi connectivity index (χ4v) is 1.85. The van der Waals surface area contributed by atoms with Gasteiger partial charge in [0.1, 0.15) is 5.75 Å². The van der Waals surface area contributed by atoms with Gasteiger partial charge in [-0.2, -0.15) is 0 Å². The average molecular weight is 253 g/mol. The molecule has 0 saturated carbocycles. The van der Waals surface area contributed by atoms with E-state index in [0.29, 0.717) is 0 Å². The van der Waals surface area contributed by atoms with Crippen LogP contribution in [0.1, 0.15) is 25.8 Å². The molecule has 0 aliphatic carbocycles. The fourth-order valence-electron chi connectivity index (χ4n) is 1.85. The zero-order valence-electron chi connectivity index (χ0n) is 11.1. The Labute approximate surface area is 108 Å². The molecule has 18 heavy (non-hydrogen) atoms. The highest BCUT2D eigenvalue weighted by Gasteiger charge is 2.23. The van der Waals surface area contributed by atoms with Crippen LogP contribution in [-0.2, 0) is 6.42 Å². The van der Waals surface area contributed by atoms with Crippen LogP contribution >= 0.6 is 0 Å². The molecule has 4 heteroatoms. The number of hydrogen-bond donors (Lipinski definition) is 4. The zero-order chi connectivity index (χ0) is 13.6. The van der Waals surface area contributed by atoms with Gasteiger partial charge in [-0.25, -0.2) is 0 Å². The molecule has 4 N–H and O–H groups in total. The van der Waals surface area contributed by atoms with Crippen molar-refractivity contribution in [1.29, 1.82) is 0 Å². The van der Waals surface area contributed by atoms with E-state index in [9.17, 15) is 15.3 Å². The van der Waals surface area contributed by atoms with Crippen molar-refractivity contribution in [2.45, 2.75) is 38.3 Å². The molecule has 4 nitrogen and oxygen atoms in total. The molecule has 1 atom stereocenters. The number of phenolic OH excluding ortho intramolecular Hbond substituents is 1. The van der Waals surface area contributed by atoms with Gasteiger partial charge in [-0.1, -0.05) is 12.1 Å². The van der Waals surface area contributed by atoms with Crippen LogP contribution in [0.15, 0.2) is 24.3 Å². The normalized spacial score (nSPS) is 13.6. The smallest absolute Gasteiger partial charge is 0.115 e. The number of aryl methyl sites for hydroxylation is 1. The Bertz CT molecular complexity index is 347. The van der Waals surface area contributed by atoms with E-state index < -0.39 is 5.54 Å². The zero-order valence-corrected chi connectivity index (χ0v) is 11.1. The second kappa shape index (κ2) is 6.73. The quantitative estimate of drug-likeness (QED) is 0.586. The van der Waals surface area contributed by atoms with Crippen LogP contribution in [-0.4, -0.2) is 40.1 Å². The molecule has 0 aliphatic heterocycles. The predicted molar refractivity (Wildman–Crippen MR) is 71.6 cm³/mol. The van der Waals surface area contributed by atoms with Gasteiger partial charge in [0.15, 0.2) is 0 Å². The van der Waals surface area contributed by atoms with E-state index in [1.54, 1.807) is 19.1 Å². The standard InChI is InChI=1S/C14H23NO3/c1-11(15-14(2,9-16)10-17)3-4-12-5-7-13(18)8-6-12/h5-8,11,15-18H,3-4,9-10H2,1-2H3. The van der Waals surface area contributed by atoms with Gasteiger partial charge >= 0.3 is 0 Å². The summed E-state index contributed by atoms with van der Waals surface area (Å²) in [5.74, 6) is 0.276. The van der Waals surface area contributed by atoms with E-state index in [1.165, 1.54) is 0 Å². The summed E-state index contributed by atoms with van der Waals surface area (Å²) in [6.45, 7) is 3.65. The van der Waals surface area contributed by atoms with E-state index >= 15 is 0 Å². The second-order valence-electron chi connectivity index (χ2n) is 5.13. The van der Waals surface area contributed by atoms with Crippen LogP contribution < -0.4 is 5.32 Å². The van der Waals surface area contributed by atoms with Crippen LogP contribution in [0.2, 0.25) is 0 Å². The first-order chi connectivity index (χ1) is 8.49. The van der Waals surface area contributed by atoms with E-state index in [4.69, 9.17) is 0 Å². The summed E-state index contributed by atoms with van der Waals surface area (Å²) in [4.78, 5) is 0. The summed E-state index contributed by atoms with van der Waals surface area (Å²) < 4.78 is 0. The molecule has 0 amide bonds. The number of nitrogens with one attached hydrogen (secondary N) is 1. The Morgan fingerprint density at radius 2 is 1.72 bits per heavy atom. The molecule has 0 heterocycles. The first-order valence-electron chi connectivity index (χ1n) is 6.26. The molecule has 0 radical (unpaired) electrons. The van der Waals surface area contributed by atoms with Crippen LogP contribution in [0.3, 0.4) is 0 Å². The first-order valence-corrected chi connectivity index (χ1v) is 6.26. The Hall–Kier alpha value is -1.10. The second-order valence-corrected chi connectivity index (χ2v) is 5.13. The molecule has 1 rings (SSSR count). The highest BCUT2D eigenvalue weighted by Crippen LogP contribution is 2.13. The monoisotopic (exact) mass is 253 g/mol. The number of aromatic hydroxyl groups is 1. The lowest BCUT2D eigenvalue weighted by molar-refractivity contribution is 0.0947. The Kier molecular flexibility index (Phi) is 5.59. The summed E-state index contributed by atoms with van der Waals surface area (Å²) in [5.41, 5.74) is 0.533. The highest BCUT2D eigenvalue weighted by atomic mass is 16.3. The Morgan fingerprint density at radius 1 is 1.17 bits per heavy atom. The van der Waals surface area contributed by atoms with Gasteiger partial charge < -0.3 is 20.6 Å². The molecule has 0 aromatic heterocycles. The molecule has 1 aromatic rings. The van der Waals surface area contributed by atoms with Crippen molar-refractivity contribution in [3.63, 3.8) is 0 Å². The minimum absolute atomic E-state index is 0.0902. The minimum atomic E-state index is -0.631. The van der Waals surface area contributed by atoms with Crippen LogP contribution in [0.25, 0.3) is 0 Å². The molecular formula is C14H23NO3. The molecule has 0 spiro atoms. The number of hydrogen-bond acceptors (Lipinski definition) is 4. The van der Waals surface area contributed by atoms with E-state index in [2.05, 4.69) is 5.32 Å². The Balaban J connectivity index is 2.41. The number of benzene rings is 1. The molecule has 0 fully saturated rings. The largest absolute Gasteiger partial charge is 0.508 e. The third kappa shape index (κ3) is 4.64.